The Morgan fingerprint density at radius 2 is 2.00 bits per heavy atom. The van der Waals surface area contributed by atoms with Gasteiger partial charge in [0, 0.05) is 23.4 Å². The lowest BCUT2D eigenvalue weighted by atomic mass is 10.1. The number of nitrogens with zero attached hydrogens (tertiary/aromatic N) is 1. The van der Waals surface area contributed by atoms with E-state index in [1.807, 2.05) is 32.5 Å². The van der Waals surface area contributed by atoms with Crippen LogP contribution in [-0.4, -0.2) is 56.3 Å². The van der Waals surface area contributed by atoms with Gasteiger partial charge in [0.15, 0.2) is 5.96 Å². The number of halogens is 1. The van der Waals surface area contributed by atoms with Crippen LogP contribution in [0, 0.1) is 0 Å². The van der Waals surface area contributed by atoms with Crippen LogP contribution in [0.3, 0.4) is 0 Å². The van der Waals surface area contributed by atoms with Crippen LogP contribution in [0.25, 0.3) is 0 Å². The van der Waals surface area contributed by atoms with Gasteiger partial charge in [-0.2, -0.15) is 11.8 Å². The first-order valence-electron chi connectivity index (χ1n) is 7.70. The van der Waals surface area contributed by atoms with Crippen molar-refractivity contribution in [2.24, 2.45) is 4.99 Å². The lowest BCUT2D eigenvalue weighted by molar-refractivity contribution is 0.464. The topological polar surface area (TPSA) is 82.6 Å². The van der Waals surface area contributed by atoms with Crippen LogP contribution in [0.4, 0.5) is 0 Å². The summed E-state index contributed by atoms with van der Waals surface area (Å²) in [4.78, 5) is 4.52. The molecule has 9 heteroatoms. The highest BCUT2D eigenvalue weighted by Gasteiger charge is 2.29. The third-order valence-corrected chi connectivity index (χ3v) is 5.83. The zero-order chi connectivity index (χ0) is 16.9. The molecule has 23 heavy (non-hydrogen) atoms. The van der Waals surface area contributed by atoms with Crippen molar-refractivity contribution in [3.8, 4) is 0 Å². The molecule has 1 aliphatic rings. The lowest BCUT2D eigenvalue weighted by Crippen LogP contribution is -2.48. The molecular formula is C14H31IN4O2S2. The predicted octanol–water partition coefficient (Wildman–Crippen LogP) is 1.77. The van der Waals surface area contributed by atoms with Gasteiger partial charge < -0.3 is 10.6 Å². The predicted molar refractivity (Wildman–Crippen MR) is 112 cm³/mol. The van der Waals surface area contributed by atoms with Gasteiger partial charge in [-0.25, -0.2) is 13.1 Å². The van der Waals surface area contributed by atoms with E-state index in [1.165, 1.54) is 24.9 Å². The Kier molecular flexibility index (Phi) is 9.78. The molecule has 0 aliphatic carbocycles. The summed E-state index contributed by atoms with van der Waals surface area (Å²) in [6.07, 6.45) is 3.65. The molecule has 1 fully saturated rings. The number of rotatable bonds is 7. The van der Waals surface area contributed by atoms with Crippen molar-refractivity contribution in [2.75, 3.05) is 31.6 Å². The molecule has 1 saturated heterocycles. The van der Waals surface area contributed by atoms with Crippen LogP contribution in [0.15, 0.2) is 4.99 Å². The monoisotopic (exact) mass is 478 g/mol. The van der Waals surface area contributed by atoms with Crippen molar-refractivity contribution < 1.29 is 8.42 Å². The van der Waals surface area contributed by atoms with Gasteiger partial charge >= 0.3 is 0 Å². The molecule has 0 aromatic heterocycles. The molecule has 1 atom stereocenters. The van der Waals surface area contributed by atoms with Crippen LogP contribution < -0.4 is 15.4 Å². The number of nitrogens with one attached hydrogen (secondary N) is 3. The second kappa shape index (κ2) is 9.67. The Labute approximate surface area is 162 Å². The van der Waals surface area contributed by atoms with Gasteiger partial charge in [-0.05, 0) is 46.3 Å². The Morgan fingerprint density at radius 1 is 1.35 bits per heavy atom. The highest BCUT2D eigenvalue weighted by Crippen LogP contribution is 2.36. The zero-order valence-corrected chi connectivity index (χ0v) is 18.7. The number of aliphatic imine (C=N–C) groups is 1. The highest BCUT2D eigenvalue weighted by molar-refractivity contribution is 14.0. The molecule has 0 aromatic rings. The first-order chi connectivity index (χ1) is 10.1. The third-order valence-electron chi connectivity index (χ3n) is 3.37. The van der Waals surface area contributed by atoms with Gasteiger partial charge in [0.25, 0.3) is 0 Å². The van der Waals surface area contributed by atoms with Crippen molar-refractivity contribution in [1.29, 1.82) is 0 Å². The maximum Gasteiger partial charge on any atom is 0.209 e. The fourth-order valence-corrected chi connectivity index (χ4v) is 4.71. The SMILES string of the molecule is CCNC(=NCC(C)(C)NS(C)(=O)=O)NCC1(C)CCCS1.I. The first-order valence-corrected chi connectivity index (χ1v) is 10.6. The smallest absolute Gasteiger partial charge is 0.209 e. The van der Waals surface area contributed by atoms with E-state index in [2.05, 4.69) is 27.3 Å². The number of thioether (sulfide) groups is 1. The van der Waals surface area contributed by atoms with Gasteiger partial charge in [-0.3, -0.25) is 4.99 Å². The fourth-order valence-electron chi connectivity index (χ4n) is 2.40. The quantitative estimate of drug-likeness (QED) is 0.295. The Morgan fingerprint density at radius 3 is 2.48 bits per heavy atom. The molecule has 6 nitrogen and oxygen atoms in total. The summed E-state index contributed by atoms with van der Waals surface area (Å²) >= 11 is 2.00. The average molecular weight is 478 g/mol. The van der Waals surface area contributed by atoms with E-state index in [0.29, 0.717) is 6.54 Å². The minimum absolute atomic E-state index is 0. The number of hydrogen-bond donors (Lipinski definition) is 3. The molecule has 138 valence electrons. The van der Waals surface area contributed by atoms with E-state index in [0.717, 1.165) is 19.0 Å². The molecular weight excluding hydrogens is 447 g/mol. The lowest BCUT2D eigenvalue weighted by Gasteiger charge is -2.26. The minimum atomic E-state index is -3.24. The first kappa shape index (κ1) is 23.3. The minimum Gasteiger partial charge on any atom is -0.357 e. The van der Waals surface area contributed by atoms with Crippen LogP contribution in [0.5, 0.6) is 0 Å². The van der Waals surface area contributed by atoms with Crippen molar-refractivity contribution in [3.63, 3.8) is 0 Å². The molecule has 0 amide bonds. The van der Waals surface area contributed by atoms with Crippen LogP contribution in [0.2, 0.25) is 0 Å². The van der Waals surface area contributed by atoms with Crippen molar-refractivity contribution >= 4 is 51.7 Å². The normalized spacial score (nSPS) is 22.6. The Balaban J connectivity index is 0.00000484. The molecule has 3 N–H and O–H groups in total. The van der Waals surface area contributed by atoms with Crippen LogP contribution >= 0.6 is 35.7 Å². The summed E-state index contributed by atoms with van der Waals surface area (Å²) < 4.78 is 25.6. The third kappa shape index (κ3) is 9.98. The molecule has 1 unspecified atom stereocenters. The summed E-state index contributed by atoms with van der Waals surface area (Å²) in [6, 6.07) is 0. The molecule has 0 bridgehead atoms. The second-order valence-corrected chi connectivity index (χ2v) is 10.1. The van der Waals surface area contributed by atoms with Gasteiger partial charge in [-0.1, -0.05) is 0 Å². The molecule has 1 heterocycles. The second-order valence-electron chi connectivity index (χ2n) is 6.71. The Bertz CT molecular complexity index is 489. The molecule has 1 rings (SSSR count). The molecule has 0 spiro atoms. The molecule has 0 aromatic carbocycles. The summed E-state index contributed by atoms with van der Waals surface area (Å²) in [7, 11) is -3.24. The Hall–Kier alpha value is 0.260. The largest absolute Gasteiger partial charge is 0.357 e. The number of guanidine groups is 1. The van der Waals surface area contributed by atoms with E-state index in [9.17, 15) is 8.42 Å². The van der Waals surface area contributed by atoms with Gasteiger partial charge in [0.1, 0.15) is 0 Å². The van der Waals surface area contributed by atoms with E-state index in [4.69, 9.17) is 0 Å². The van der Waals surface area contributed by atoms with Gasteiger partial charge in [-0.15, -0.1) is 24.0 Å². The van der Waals surface area contributed by atoms with Crippen LogP contribution in [-0.2, 0) is 10.0 Å². The number of hydrogen-bond acceptors (Lipinski definition) is 4. The van der Waals surface area contributed by atoms with Gasteiger partial charge in [0.2, 0.25) is 10.0 Å². The average Bonchev–Trinajstić information content (AvgIpc) is 2.77. The summed E-state index contributed by atoms with van der Waals surface area (Å²) in [5.74, 6) is 1.96. The maximum atomic E-state index is 11.4. The van der Waals surface area contributed by atoms with E-state index in [1.54, 1.807) is 0 Å². The van der Waals surface area contributed by atoms with Crippen LogP contribution in [0.1, 0.15) is 40.5 Å². The zero-order valence-electron chi connectivity index (χ0n) is 14.7. The summed E-state index contributed by atoms with van der Waals surface area (Å²) in [5, 5.41) is 6.59. The molecule has 1 aliphatic heterocycles. The van der Waals surface area contributed by atoms with Crippen molar-refractivity contribution in [2.45, 2.75) is 50.8 Å². The number of sulfonamides is 1. The molecule has 0 radical (unpaired) electrons. The van der Waals surface area contributed by atoms with Crippen molar-refractivity contribution in [3.05, 3.63) is 0 Å². The van der Waals surface area contributed by atoms with E-state index >= 15 is 0 Å². The maximum absolute atomic E-state index is 11.4. The van der Waals surface area contributed by atoms with E-state index in [-0.39, 0.29) is 28.7 Å². The standard InChI is InChI=1S/C14H30N4O2S2.HI/c1-6-15-12(17-11-14(4)8-7-9-21-14)16-10-13(2,3)18-22(5,19)20;/h18H,6-11H2,1-5H3,(H2,15,16,17);1H. The molecule has 0 saturated carbocycles. The fraction of sp³-hybridized carbons (Fsp3) is 0.929. The van der Waals surface area contributed by atoms with E-state index < -0.39 is 15.6 Å². The van der Waals surface area contributed by atoms with Gasteiger partial charge in [0.05, 0.1) is 12.8 Å². The highest BCUT2D eigenvalue weighted by atomic mass is 127. The summed E-state index contributed by atoms with van der Waals surface area (Å²) in [6.45, 7) is 9.96. The van der Waals surface area contributed by atoms with Crippen molar-refractivity contribution in [1.82, 2.24) is 15.4 Å². The summed E-state index contributed by atoms with van der Waals surface area (Å²) in [5.41, 5.74) is -0.609.